The monoisotopic (exact) mass is 398 g/mol. The van der Waals surface area contributed by atoms with E-state index in [-0.39, 0.29) is 29.6 Å². The van der Waals surface area contributed by atoms with Gasteiger partial charge in [0.25, 0.3) is 5.92 Å². The molecule has 1 amide bonds. The summed E-state index contributed by atoms with van der Waals surface area (Å²) in [7, 11) is 0. The van der Waals surface area contributed by atoms with Crippen LogP contribution < -0.4 is 15.4 Å². The number of hydrogen-bond donors (Lipinski definition) is 2. The third kappa shape index (κ3) is 4.35. The molecule has 1 atom stereocenters. The van der Waals surface area contributed by atoms with Gasteiger partial charge >= 0.3 is 0 Å². The van der Waals surface area contributed by atoms with E-state index in [0.717, 1.165) is 18.4 Å². The maximum Gasteiger partial charge on any atom is 0.296 e. The molecule has 0 bridgehead atoms. The second kappa shape index (κ2) is 7.76. The van der Waals surface area contributed by atoms with Gasteiger partial charge in [-0.05, 0) is 54.8 Å². The number of alkyl halides is 2. The van der Waals surface area contributed by atoms with Crippen molar-refractivity contribution in [2.45, 2.75) is 31.3 Å². The number of rotatable bonds is 5. The number of aromatic nitrogens is 1. The number of hydrogen-bond acceptors (Lipinski definition) is 5. The van der Waals surface area contributed by atoms with Gasteiger partial charge in [-0.25, -0.2) is 13.8 Å². The van der Waals surface area contributed by atoms with Gasteiger partial charge in [0.2, 0.25) is 5.91 Å². The van der Waals surface area contributed by atoms with E-state index in [2.05, 4.69) is 15.6 Å². The molecule has 0 radical (unpaired) electrons. The molecule has 0 spiro atoms. The van der Waals surface area contributed by atoms with Crippen LogP contribution in [0.25, 0.3) is 11.1 Å². The van der Waals surface area contributed by atoms with Gasteiger partial charge in [-0.3, -0.25) is 4.79 Å². The number of nitriles is 1. The Bertz CT molecular complexity index is 969. The predicted octanol–water partition coefficient (Wildman–Crippen LogP) is 3.34. The van der Waals surface area contributed by atoms with Crippen molar-refractivity contribution in [1.29, 1.82) is 5.26 Å². The third-order valence-electron chi connectivity index (χ3n) is 5.08. The number of halogens is 2. The SMILES string of the molecule is N#Cc1cc(-c2ccnc(NC(=O)C3CC3)c2)ccc1OC1CCNCC1(F)F. The lowest BCUT2D eigenvalue weighted by atomic mass is 10.0. The van der Waals surface area contributed by atoms with Gasteiger partial charge in [0.1, 0.15) is 17.6 Å². The molecule has 8 heteroatoms. The topological polar surface area (TPSA) is 87.0 Å². The highest BCUT2D eigenvalue weighted by molar-refractivity contribution is 5.93. The highest BCUT2D eigenvalue weighted by Gasteiger charge is 2.43. The smallest absolute Gasteiger partial charge is 0.296 e. The van der Waals surface area contributed by atoms with Crippen molar-refractivity contribution in [3.8, 4) is 22.9 Å². The van der Waals surface area contributed by atoms with Crippen LogP contribution in [0.1, 0.15) is 24.8 Å². The van der Waals surface area contributed by atoms with E-state index in [1.807, 2.05) is 6.07 Å². The van der Waals surface area contributed by atoms with Crippen LogP contribution >= 0.6 is 0 Å². The predicted molar refractivity (Wildman–Crippen MR) is 103 cm³/mol. The van der Waals surface area contributed by atoms with E-state index in [0.29, 0.717) is 17.9 Å². The van der Waals surface area contributed by atoms with Gasteiger partial charge in [-0.15, -0.1) is 0 Å². The summed E-state index contributed by atoms with van der Waals surface area (Å²) in [6.07, 6.45) is 2.26. The van der Waals surface area contributed by atoms with Crippen LogP contribution in [0.4, 0.5) is 14.6 Å². The fourth-order valence-corrected chi connectivity index (χ4v) is 3.26. The number of nitrogens with one attached hydrogen (secondary N) is 2. The van der Waals surface area contributed by atoms with Gasteiger partial charge < -0.3 is 15.4 Å². The largest absolute Gasteiger partial charge is 0.483 e. The Morgan fingerprint density at radius 1 is 1.24 bits per heavy atom. The van der Waals surface area contributed by atoms with E-state index in [1.165, 1.54) is 6.07 Å². The number of carbonyl (C=O) groups is 1. The van der Waals surface area contributed by atoms with E-state index >= 15 is 0 Å². The van der Waals surface area contributed by atoms with E-state index in [9.17, 15) is 18.8 Å². The number of anilines is 1. The summed E-state index contributed by atoms with van der Waals surface area (Å²) in [5.41, 5.74) is 1.63. The molecule has 2 aromatic rings. The minimum absolute atomic E-state index is 0.0426. The number of benzene rings is 1. The van der Waals surface area contributed by atoms with E-state index in [1.54, 1.807) is 30.5 Å². The highest BCUT2D eigenvalue weighted by Crippen LogP contribution is 2.33. The summed E-state index contributed by atoms with van der Waals surface area (Å²) in [6.45, 7) is -0.00337. The summed E-state index contributed by atoms with van der Waals surface area (Å²) < 4.78 is 33.6. The van der Waals surface area contributed by atoms with Gasteiger partial charge in [0.05, 0.1) is 12.1 Å². The standard InChI is InChI=1S/C21H20F2N4O2/c22-21(23)12-25-7-6-18(21)29-17-4-3-14(9-16(17)11-24)15-5-8-26-19(10-15)27-20(28)13-1-2-13/h3-5,8-10,13,18,25H,1-2,6-7,12H2,(H,26,27,28). The van der Waals surface area contributed by atoms with Crippen LogP contribution in [-0.4, -0.2) is 36.0 Å². The van der Waals surface area contributed by atoms with Crippen LogP contribution in [0.2, 0.25) is 0 Å². The Hall–Kier alpha value is -3.05. The lowest BCUT2D eigenvalue weighted by Gasteiger charge is -2.32. The second-order valence-corrected chi connectivity index (χ2v) is 7.35. The molecule has 1 aromatic carbocycles. The highest BCUT2D eigenvalue weighted by atomic mass is 19.3. The van der Waals surface area contributed by atoms with Crippen molar-refractivity contribution >= 4 is 11.7 Å². The van der Waals surface area contributed by atoms with Crippen molar-refractivity contribution in [2.24, 2.45) is 5.92 Å². The number of nitrogens with zero attached hydrogens (tertiary/aromatic N) is 2. The second-order valence-electron chi connectivity index (χ2n) is 7.35. The van der Waals surface area contributed by atoms with Gasteiger partial charge in [-0.1, -0.05) is 6.07 Å². The molecule has 6 nitrogen and oxygen atoms in total. The Kier molecular flexibility index (Phi) is 5.16. The van der Waals surface area contributed by atoms with E-state index < -0.39 is 18.6 Å². The summed E-state index contributed by atoms with van der Waals surface area (Å²) in [6, 6.07) is 10.3. The minimum Gasteiger partial charge on any atom is -0.483 e. The first-order chi connectivity index (χ1) is 14.0. The Labute approximate surface area is 166 Å². The summed E-state index contributed by atoms with van der Waals surface area (Å²) in [5.74, 6) is -2.40. The molecule has 2 aliphatic rings. The zero-order valence-electron chi connectivity index (χ0n) is 15.6. The molecule has 1 aliphatic carbocycles. The first-order valence-electron chi connectivity index (χ1n) is 9.53. The van der Waals surface area contributed by atoms with Crippen molar-refractivity contribution in [3.63, 3.8) is 0 Å². The van der Waals surface area contributed by atoms with Crippen LogP contribution in [0, 0.1) is 17.2 Å². The molecule has 29 heavy (non-hydrogen) atoms. The van der Waals surface area contributed by atoms with Gasteiger partial charge in [0, 0.05) is 18.5 Å². The minimum atomic E-state index is -3.00. The molecular formula is C21H20F2N4O2. The quantitative estimate of drug-likeness (QED) is 0.807. The molecule has 4 rings (SSSR count). The molecular weight excluding hydrogens is 378 g/mol. The first-order valence-corrected chi connectivity index (χ1v) is 9.53. The lowest BCUT2D eigenvalue weighted by Crippen LogP contribution is -2.52. The lowest BCUT2D eigenvalue weighted by molar-refractivity contribution is -0.117. The van der Waals surface area contributed by atoms with Crippen molar-refractivity contribution < 1.29 is 18.3 Å². The molecule has 1 unspecified atom stereocenters. The van der Waals surface area contributed by atoms with Crippen LogP contribution in [0.5, 0.6) is 5.75 Å². The number of pyridine rings is 1. The molecule has 2 fully saturated rings. The molecule has 1 saturated carbocycles. The molecule has 2 N–H and O–H groups in total. The molecule has 150 valence electrons. The Morgan fingerprint density at radius 3 is 2.76 bits per heavy atom. The fraction of sp³-hybridized carbons (Fsp3) is 0.381. The summed E-state index contributed by atoms with van der Waals surface area (Å²) in [5, 5.41) is 14.9. The van der Waals surface area contributed by atoms with Gasteiger partial charge in [0.15, 0.2) is 6.10 Å². The average molecular weight is 398 g/mol. The molecule has 1 saturated heterocycles. The van der Waals surface area contributed by atoms with E-state index in [4.69, 9.17) is 4.74 Å². The zero-order valence-corrected chi connectivity index (χ0v) is 15.6. The van der Waals surface area contributed by atoms with Crippen LogP contribution in [0.3, 0.4) is 0 Å². The normalized spacial score (nSPS) is 20.5. The zero-order chi connectivity index (χ0) is 20.4. The Morgan fingerprint density at radius 2 is 2.03 bits per heavy atom. The summed E-state index contributed by atoms with van der Waals surface area (Å²) >= 11 is 0. The molecule has 2 heterocycles. The van der Waals surface area contributed by atoms with Crippen molar-refractivity contribution in [3.05, 3.63) is 42.1 Å². The van der Waals surface area contributed by atoms with Crippen LogP contribution in [-0.2, 0) is 4.79 Å². The fourth-order valence-electron chi connectivity index (χ4n) is 3.26. The van der Waals surface area contributed by atoms with Crippen molar-refractivity contribution in [1.82, 2.24) is 10.3 Å². The summed E-state index contributed by atoms with van der Waals surface area (Å²) in [4.78, 5) is 16.1. The Balaban J connectivity index is 1.55. The number of ether oxygens (including phenoxy) is 1. The maximum atomic E-state index is 14.0. The third-order valence-corrected chi connectivity index (χ3v) is 5.08. The first kappa shape index (κ1) is 19.3. The molecule has 1 aliphatic heterocycles. The average Bonchev–Trinajstić information content (AvgIpc) is 3.55. The van der Waals surface area contributed by atoms with Gasteiger partial charge in [-0.2, -0.15) is 5.26 Å². The van der Waals surface area contributed by atoms with Crippen molar-refractivity contribution in [2.75, 3.05) is 18.4 Å². The molecule has 1 aromatic heterocycles. The number of amides is 1. The number of carbonyl (C=O) groups excluding carboxylic acids is 1. The maximum absolute atomic E-state index is 14.0. The van der Waals surface area contributed by atoms with Crippen LogP contribution in [0.15, 0.2) is 36.5 Å². The number of piperidine rings is 1.